The van der Waals surface area contributed by atoms with E-state index in [4.69, 9.17) is 29.0 Å². The molecule has 0 spiro atoms. The van der Waals surface area contributed by atoms with Crippen molar-refractivity contribution in [1.29, 1.82) is 0 Å². The van der Waals surface area contributed by atoms with Crippen molar-refractivity contribution in [2.45, 2.75) is 17.6 Å². The number of para-hydroxylation sites is 2. The van der Waals surface area contributed by atoms with Crippen molar-refractivity contribution >= 4 is 61.9 Å². The summed E-state index contributed by atoms with van der Waals surface area (Å²) in [6.45, 7) is -0.192. The van der Waals surface area contributed by atoms with Gasteiger partial charge in [0.2, 0.25) is 10.0 Å². The molecule has 0 saturated heterocycles. The van der Waals surface area contributed by atoms with E-state index in [1.165, 1.54) is 35.2 Å². The second kappa shape index (κ2) is 10.1. The lowest BCUT2D eigenvalue weighted by Crippen LogP contribution is -2.32. The molecule has 14 heteroatoms. The number of benzene rings is 3. The maximum atomic E-state index is 13.3. The number of primary sulfonamides is 1. The number of anilines is 2. The van der Waals surface area contributed by atoms with Gasteiger partial charge in [-0.15, -0.1) is 0 Å². The molecule has 8 nitrogen and oxygen atoms in total. The summed E-state index contributed by atoms with van der Waals surface area (Å²) in [5, 5.41) is 12.0. The summed E-state index contributed by atoms with van der Waals surface area (Å²) in [6.07, 6.45) is -4.54. The highest BCUT2D eigenvalue weighted by Crippen LogP contribution is 2.37. The van der Waals surface area contributed by atoms with Gasteiger partial charge in [-0.2, -0.15) is 18.3 Å². The van der Waals surface area contributed by atoms with E-state index in [0.29, 0.717) is 5.56 Å². The molecule has 0 saturated carbocycles. The van der Waals surface area contributed by atoms with Crippen molar-refractivity contribution in [3.05, 3.63) is 88.4 Å². The van der Waals surface area contributed by atoms with Crippen LogP contribution in [0.4, 0.5) is 24.5 Å². The normalized spacial score (nSPS) is 14.6. The Bertz CT molecular complexity index is 1540. The molecule has 0 unspecified atom stereocenters. The fourth-order valence-corrected chi connectivity index (χ4v) is 4.81. The minimum Gasteiger partial charge on any atom is -0.330 e. The first-order valence-electron chi connectivity index (χ1n) is 10.4. The Kier molecular flexibility index (Phi) is 7.24. The van der Waals surface area contributed by atoms with Gasteiger partial charge in [0.15, 0.2) is 10.8 Å². The molecule has 1 heterocycles. The minimum absolute atomic E-state index is 0.0895. The van der Waals surface area contributed by atoms with Gasteiger partial charge in [0, 0.05) is 5.56 Å². The molecule has 0 fully saturated rings. The Labute approximate surface area is 220 Å². The molecule has 1 amide bonds. The van der Waals surface area contributed by atoms with Crippen LogP contribution in [0, 0.1) is 0 Å². The Morgan fingerprint density at radius 3 is 2.49 bits per heavy atom. The zero-order valence-electron chi connectivity index (χ0n) is 18.6. The zero-order valence-corrected chi connectivity index (χ0v) is 21.0. The smallest absolute Gasteiger partial charge is 0.330 e. The molecule has 4 rings (SSSR count). The van der Waals surface area contributed by atoms with E-state index >= 15 is 0 Å². The summed E-state index contributed by atoms with van der Waals surface area (Å²) in [6, 6.07) is 15.1. The molecule has 1 aliphatic rings. The number of nitrogens with one attached hydrogen (secondary N) is 2. The van der Waals surface area contributed by atoms with Gasteiger partial charge in [-0.05, 0) is 48.1 Å². The molecule has 3 aromatic carbocycles. The van der Waals surface area contributed by atoms with E-state index in [1.54, 1.807) is 24.3 Å². The topological polar surface area (TPSA) is 117 Å². The number of amides is 1. The number of halogens is 4. The van der Waals surface area contributed by atoms with Crippen LogP contribution >= 0.6 is 23.8 Å². The van der Waals surface area contributed by atoms with E-state index in [9.17, 15) is 26.4 Å². The number of sulfonamides is 1. The lowest BCUT2D eigenvalue weighted by molar-refractivity contribution is -0.137. The van der Waals surface area contributed by atoms with Gasteiger partial charge >= 0.3 is 6.18 Å². The maximum absolute atomic E-state index is 13.3. The molecule has 1 aliphatic heterocycles. The number of fused-ring (bicyclic) bond motifs is 1. The van der Waals surface area contributed by atoms with Gasteiger partial charge in [-0.1, -0.05) is 48.0 Å². The van der Waals surface area contributed by atoms with Gasteiger partial charge < -0.3 is 10.2 Å². The Balaban J connectivity index is 1.61. The molecule has 3 aromatic rings. The lowest BCUT2D eigenvalue weighted by Gasteiger charge is -2.19. The van der Waals surface area contributed by atoms with Crippen molar-refractivity contribution in [3.63, 3.8) is 0 Å². The van der Waals surface area contributed by atoms with Crippen LogP contribution in [0.15, 0.2) is 76.7 Å². The Morgan fingerprint density at radius 2 is 1.78 bits per heavy atom. The van der Waals surface area contributed by atoms with Gasteiger partial charge in [0.25, 0.3) is 5.91 Å². The first-order valence-corrected chi connectivity index (χ1v) is 12.7. The van der Waals surface area contributed by atoms with Crippen LogP contribution in [-0.4, -0.2) is 25.1 Å². The number of alkyl halides is 3. The average molecular weight is 568 g/mol. The molecule has 0 radical (unpaired) electrons. The third kappa shape index (κ3) is 5.74. The quantitative estimate of drug-likeness (QED) is 0.314. The monoisotopic (exact) mass is 567 g/mol. The van der Waals surface area contributed by atoms with Gasteiger partial charge in [0.05, 0.1) is 28.5 Å². The molecule has 0 aromatic heterocycles. The summed E-state index contributed by atoms with van der Waals surface area (Å²) in [4.78, 5) is 14.3. The first-order chi connectivity index (χ1) is 17.4. The summed E-state index contributed by atoms with van der Waals surface area (Å²) in [5.74, 6) is -0.624. The zero-order chi connectivity index (χ0) is 27.0. The second-order valence-corrected chi connectivity index (χ2v) is 10.1. The van der Waals surface area contributed by atoms with Crippen LogP contribution < -0.4 is 20.8 Å². The highest BCUT2D eigenvalue weighted by molar-refractivity contribution is 7.89. The van der Waals surface area contributed by atoms with Crippen LogP contribution in [0.1, 0.15) is 16.7 Å². The van der Waals surface area contributed by atoms with Gasteiger partial charge in [-0.3, -0.25) is 10.2 Å². The number of hydrogen-bond acceptors (Lipinski definition) is 5. The number of carbonyl (C=O) groups is 1. The maximum Gasteiger partial charge on any atom is 0.416 e. The molecule has 0 bridgehead atoms. The summed E-state index contributed by atoms with van der Waals surface area (Å²) < 4.78 is 63.1. The third-order valence-corrected chi connectivity index (χ3v) is 6.73. The second-order valence-electron chi connectivity index (χ2n) is 7.79. The number of nitrogens with two attached hydrogens (primary N) is 1. The number of thiocarbonyl (C=S) groups is 1. The number of rotatable bonds is 5. The summed E-state index contributed by atoms with van der Waals surface area (Å²) in [5.41, 5.74) is 2.50. The van der Waals surface area contributed by atoms with Crippen molar-refractivity contribution in [2.24, 2.45) is 10.2 Å². The van der Waals surface area contributed by atoms with Crippen LogP contribution in [-0.2, 0) is 27.5 Å². The van der Waals surface area contributed by atoms with E-state index in [2.05, 4.69) is 15.8 Å². The van der Waals surface area contributed by atoms with Crippen LogP contribution in [0.5, 0.6) is 0 Å². The highest BCUT2D eigenvalue weighted by Gasteiger charge is 2.37. The number of carbonyl (C=O) groups excluding carboxylic acids is 1. The number of nitrogens with zero attached hydrogens (tertiary/aromatic N) is 2. The van der Waals surface area contributed by atoms with Crippen LogP contribution in [0.2, 0.25) is 5.02 Å². The fourth-order valence-electron chi connectivity index (χ4n) is 3.69. The van der Waals surface area contributed by atoms with Crippen LogP contribution in [0.3, 0.4) is 0 Å². The average Bonchev–Trinajstić information content (AvgIpc) is 3.08. The van der Waals surface area contributed by atoms with Crippen LogP contribution in [0.25, 0.3) is 0 Å². The van der Waals surface area contributed by atoms with E-state index in [-0.39, 0.29) is 44.2 Å². The molecular weight excluding hydrogens is 551 g/mol. The first kappa shape index (κ1) is 26.5. The molecule has 192 valence electrons. The fraction of sp³-hybridized carbons (Fsp3) is 0.0870. The Morgan fingerprint density at radius 1 is 1.08 bits per heavy atom. The minimum atomic E-state index is -4.54. The molecular formula is C23H17ClF3N5O3S2. The summed E-state index contributed by atoms with van der Waals surface area (Å²) >= 11 is 11.5. The van der Waals surface area contributed by atoms with Gasteiger partial charge in [-0.25, -0.2) is 13.6 Å². The molecule has 4 N–H and O–H groups in total. The summed E-state index contributed by atoms with van der Waals surface area (Å²) in [7, 11) is -4.04. The van der Waals surface area contributed by atoms with Crippen molar-refractivity contribution in [2.75, 3.05) is 10.2 Å². The number of hydrogen-bond donors (Lipinski definition) is 3. The number of hydrazone groups is 1. The van der Waals surface area contributed by atoms with Gasteiger partial charge in [0.1, 0.15) is 4.90 Å². The standard InChI is InChI=1S/C23H17ClF3N5O3S2/c24-16-8-4-7-15-19(30-31-22(36)29-17-9-1-2-10-18(17)37(28,34)35)21(33)32(20(15)16)12-13-5-3-6-14(11-13)23(25,26)27/h1-11H,12H2,(H2,28,34,35)(H2,29,31,36). The predicted octanol–water partition coefficient (Wildman–Crippen LogP) is 4.24. The van der Waals surface area contributed by atoms with Crippen molar-refractivity contribution in [3.8, 4) is 0 Å². The predicted molar refractivity (Wildman–Crippen MR) is 138 cm³/mol. The highest BCUT2D eigenvalue weighted by atomic mass is 35.5. The third-order valence-electron chi connectivity index (χ3n) is 5.27. The largest absolute Gasteiger partial charge is 0.416 e. The van der Waals surface area contributed by atoms with Crippen molar-refractivity contribution < 1.29 is 26.4 Å². The molecule has 37 heavy (non-hydrogen) atoms. The SMILES string of the molecule is NS(=O)(=O)c1ccccc1NC(=S)NN=C1C(=O)N(Cc2cccc(C(F)(F)F)c2)c2c(Cl)cccc21. The molecule has 0 aliphatic carbocycles. The molecule has 0 atom stereocenters. The van der Waals surface area contributed by atoms with E-state index < -0.39 is 27.7 Å². The van der Waals surface area contributed by atoms with E-state index in [0.717, 1.165) is 12.1 Å². The lowest BCUT2D eigenvalue weighted by atomic mass is 10.1. The Hall–Kier alpha value is -3.52. The van der Waals surface area contributed by atoms with Crippen molar-refractivity contribution in [1.82, 2.24) is 5.43 Å². The van der Waals surface area contributed by atoms with E-state index in [1.807, 2.05) is 0 Å².